The van der Waals surface area contributed by atoms with E-state index >= 15 is 0 Å². The number of carbonyl (C=O) groups is 2. The summed E-state index contributed by atoms with van der Waals surface area (Å²) in [5.41, 5.74) is 0.502. The van der Waals surface area contributed by atoms with Crippen molar-refractivity contribution in [3.8, 4) is 11.1 Å². The first-order chi connectivity index (χ1) is 13.8. The Balaban J connectivity index is 1.65. The van der Waals surface area contributed by atoms with E-state index in [4.69, 9.17) is 0 Å². The molecule has 0 aliphatic carbocycles. The van der Waals surface area contributed by atoms with Crippen molar-refractivity contribution < 1.29 is 24.2 Å². The average Bonchev–Trinajstić information content (AvgIpc) is 3.23. The van der Waals surface area contributed by atoms with Crippen LogP contribution in [0, 0.1) is 5.82 Å². The van der Waals surface area contributed by atoms with Gasteiger partial charge < -0.3 is 15.5 Å². The van der Waals surface area contributed by atoms with Gasteiger partial charge in [-0.1, -0.05) is 42.5 Å². The van der Waals surface area contributed by atoms with Gasteiger partial charge in [-0.3, -0.25) is 9.69 Å². The Morgan fingerprint density at radius 2 is 1.93 bits per heavy atom. The number of hydrogen-bond donors (Lipinski definition) is 3. The van der Waals surface area contributed by atoms with Crippen LogP contribution in [0.1, 0.15) is 18.9 Å². The highest BCUT2D eigenvalue weighted by molar-refractivity contribution is 6.11. The van der Waals surface area contributed by atoms with Crippen molar-refractivity contribution in [1.82, 2.24) is 10.2 Å². The number of nitrogens with one attached hydrogen (secondary N) is 1. The van der Waals surface area contributed by atoms with E-state index in [9.17, 15) is 24.2 Å². The Morgan fingerprint density at radius 3 is 2.59 bits per heavy atom. The molecule has 0 saturated carbocycles. The highest BCUT2D eigenvalue weighted by Gasteiger charge is 2.46. The molecular weight excluding hydrogens is 377 g/mol. The molecule has 4 rings (SSSR count). The van der Waals surface area contributed by atoms with E-state index < -0.39 is 23.8 Å². The second-order valence-electron chi connectivity index (χ2n) is 7.42. The lowest BCUT2D eigenvalue weighted by atomic mass is 9.91. The van der Waals surface area contributed by atoms with Crippen molar-refractivity contribution in [3.05, 3.63) is 59.9 Å². The number of nitrogens with zero attached hydrogens (tertiary/aromatic N) is 2. The number of aliphatic hydroxyl groups is 1. The van der Waals surface area contributed by atoms with E-state index in [1.165, 1.54) is 6.07 Å². The minimum absolute atomic E-state index is 0.0249. The molecule has 2 aromatic carbocycles. The Bertz CT molecular complexity index is 1010. The first kappa shape index (κ1) is 19.1. The molecule has 29 heavy (non-hydrogen) atoms. The van der Waals surface area contributed by atoms with Crippen LogP contribution in [0.3, 0.4) is 0 Å². The molecular formula is C21H20FN3O4. The predicted molar refractivity (Wildman–Crippen MR) is 104 cm³/mol. The topological polar surface area (TPSA) is 102 Å². The van der Waals surface area contributed by atoms with Gasteiger partial charge in [0.05, 0.1) is 18.7 Å². The van der Waals surface area contributed by atoms with Crippen LogP contribution in [0.5, 0.6) is 0 Å². The van der Waals surface area contributed by atoms with Crippen LogP contribution in [0.4, 0.5) is 9.18 Å². The molecule has 2 heterocycles. The van der Waals surface area contributed by atoms with Crippen molar-refractivity contribution in [2.24, 2.45) is 4.99 Å². The fourth-order valence-corrected chi connectivity index (χ4v) is 3.87. The first-order valence-electron chi connectivity index (χ1n) is 9.24. The SMILES string of the molecule is CC1(c2ccc(-c3ccccc3F)cc2)N=C(C2C[C@@H](O)CN2C(=O)O)NC1=O. The maximum atomic E-state index is 14.0. The van der Waals surface area contributed by atoms with Gasteiger partial charge in [-0.05, 0) is 24.1 Å². The summed E-state index contributed by atoms with van der Waals surface area (Å²) >= 11 is 0. The molecule has 2 aliphatic heterocycles. The van der Waals surface area contributed by atoms with Gasteiger partial charge in [0, 0.05) is 12.0 Å². The van der Waals surface area contributed by atoms with Gasteiger partial charge in [-0.25, -0.2) is 14.2 Å². The zero-order valence-corrected chi connectivity index (χ0v) is 15.7. The van der Waals surface area contributed by atoms with Crippen molar-refractivity contribution in [1.29, 1.82) is 0 Å². The lowest BCUT2D eigenvalue weighted by Gasteiger charge is -2.20. The number of aliphatic imine (C=N–C) groups is 1. The van der Waals surface area contributed by atoms with Crippen molar-refractivity contribution in [2.75, 3.05) is 6.54 Å². The van der Waals surface area contributed by atoms with E-state index in [-0.39, 0.29) is 30.5 Å². The number of rotatable bonds is 3. The summed E-state index contributed by atoms with van der Waals surface area (Å²) in [6.45, 7) is 1.62. The molecule has 7 nitrogen and oxygen atoms in total. The molecule has 8 heteroatoms. The molecule has 2 amide bonds. The number of likely N-dealkylation sites (tertiary alicyclic amines) is 1. The van der Waals surface area contributed by atoms with Crippen molar-refractivity contribution in [2.45, 2.75) is 31.0 Å². The van der Waals surface area contributed by atoms with Gasteiger partial charge in [-0.15, -0.1) is 0 Å². The summed E-state index contributed by atoms with van der Waals surface area (Å²) in [6.07, 6.45) is -1.80. The molecule has 150 valence electrons. The second-order valence-corrected chi connectivity index (χ2v) is 7.42. The van der Waals surface area contributed by atoms with Crippen LogP contribution in [0.2, 0.25) is 0 Å². The maximum absolute atomic E-state index is 14.0. The van der Waals surface area contributed by atoms with Crippen LogP contribution in [0.15, 0.2) is 53.5 Å². The number of β-amino-alcohol motifs (C(OH)–C–C–N with tert-alkyl or cyclic N) is 1. The van der Waals surface area contributed by atoms with E-state index in [0.29, 0.717) is 16.7 Å². The molecule has 2 unspecified atom stereocenters. The minimum atomic E-state index is -1.24. The lowest BCUT2D eigenvalue weighted by Crippen LogP contribution is -2.45. The number of benzene rings is 2. The largest absolute Gasteiger partial charge is 0.465 e. The number of amidine groups is 1. The van der Waals surface area contributed by atoms with Gasteiger partial charge in [0.25, 0.3) is 5.91 Å². The highest BCUT2D eigenvalue weighted by Crippen LogP contribution is 2.33. The van der Waals surface area contributed by atoms with Gasteiger partial charge in [0.1, 0.15) is 11.7 Å². The van der Waals surface area contributed by atoms with Crippen LogP contribution in [-0.4, -0.2) is 51.6 Å². The third-order valence-electron chi connectivity index (χ3n) is 5.50. The molecule has 0 radical (unpaired) electrons. The number of carbonyl (C=O) groups excluding carboxylic acids is 1. The Kier molecular flexibility index (Phi) is 4.58. The summed E-state index contributed by atoms with van der Waals surface area (Å²) < 4.78 is 14.0. The average molecular weight is 397 g/mol. The molecule has 0 spiro atoms. The molecule has 2 aliphatic rings. The van der Waals surface area contributed by atoms with E-state index in [2.05, 4.69) is 10.3 Å². The zero-order chi connectivity index (χ0) is 20.8. The molecule has 1 fully saturated rings. The molecule has 0 aromatic heterocycles. The summed E-state index contributed by atoms with van der Waals surface area (Å²) in [4.78, 5) is 29.7. The van der Waals surface area contributed by atoms with Crippen molar-refractivity contribution >= 4 is 17.8 Å². The third kappa shape index (κ3) is 3.25. The zero-order valence-electron chi connectivity index (χ0n) is 15.7. The summed E-state index contributed by atoms with van der Waals surface area (Å²) in [5, 5.41) is 21.9. The van der Waals surface area contributed by atoms with Gasteiger partial charge in [0.15, 0.2) is 5.54 Å². The lowest BCUT2D eigenvalue weighted by molar-refractivity contribution is -0.123. The van der Waals surface area contributed by atoms with Gasteiger partial charge >= 0.3 is 6.09 Å². The first-order valence-corrected chi connectivity index (χ1v) is 9.24. The number of carboxylic acid groups (broad SMARTS) is 1. The number of aliphatic hydroxyl groups excluding tert-OH is 1. The Hall–Kier alpha value is -3.26. The molecule has 0 bridgehead atoms. The smallest absolute Gasteiger partial charge is 0.408 e. The molecule has 1 saturated heterocycles. The predicted octanol–water partition coefficient (Wildman–Crippen LogP) is 2.35. The standard InChI is InChI=1S/C21H20FN3O4/c1-21(13-8-6-12(7-9-13)15-4-2-3-5-16(15)22)19(27)23-18(24-21)17-10-14(26)11-25(17)20(28)29/h2-9,14,17,26H,10-11H2,1H3,(H,28,29)(H,23,24,27)/t14-,17?,21?/m1/s1. The van der Waals surface area contributed by atoms with Crippen LogP contribution in [0.25, 0.3) is 11.1 Å². The quantitative estimate of drug-likeness (QED) is 0.740. The number of halogens is 1. The van der Waals surface area contributed by atoms with E-state index in [0.717, 1.165) is 4.90 Å². The summed E-state index contributed by atoms with van der Waals surface area (Å²) in [7, 11) is 0. The van der Waals surface area contributed by atoms with E-state index in [1.54, 1.807) is 49.4 Å². The fourth-order valence-electron chi connectivity index (χ4n) is 3.87. The molecule has 3 N–H and O–H groups in total. The second kappa shape index (κ2) is 6.97. The van der Waals surface area contributed by atoms with Crippen LogP contribution in [-0.2, 0) is 10.3 Å². The van der Waals surface area contributed by atoms with Crippen molar-refractivity contribution in [3.63, 3.8) is 0 Å². The summed E-state index contributed by atoms with van der Waals surface area (Å²) in [6, 6.07) is 12.6. The molecule has 2 aromatic rings. The third-order valence-corrected chi connectivity index (χ3v) is 5.50. The Labute approximate surface area is 166 Å². The van der Waals surface area contributed by atoms with Gasteiger partial charge in [0.2, 0.25) is 0 Å². The number of hydrogen-bond acceptors (Lipinski definition) is 4. The minimum Gasteiger partial charge on any atom is -0.465 e. The fraction of sp³-hybridized carbons (Fsp3) is 0.286. The van der Waals surface area contributed by atoms with E-state index in [1.807, 2.05) is 0 Å². The highest BCUT2D eigenvalue weighted by atomic mass is 19.1. The number of amides is 2. The Morgan fingerprint density at radius 1 is 1.24 bits per heavy atom. The maximum Gasteiger partial charge on any atom is 0.408 e. The normalized spacial score (nSPS) is 26.4. The summed E-state index contributed by atoms with van der Waals surface area (Å²) in [5.74, 6) is -0.480. The molecule has 3 atom stereocenters. The monoisotopic (exact) mass is 397 g/mol. The van der Waals surface area contributed by atoms with Crippen LogP contribution < -0.4 is 5.32 Å². The van der Waals surface area contributed by atoms with Crippen LogP contribution >= 0.6 is 0 Å². The van der Waals surface area contributed by atoms with Gasteiger partial charge in [-0.2, -0.15) is 0 Å².